The summed E-state index contributed by atoms with van der Waals surface area (Å²) in [5.74, 6) is 1.30. The van der Waals surface area contributed by atoms with Crippen LogP contribution in [0.25, 0.3) is 11.1 Å². The normalized spacial score (nSPS) is 18.7. The molecule has 5 heteroatoms. The standard InChI is InChI=1S/C27H35F3O2/c1-3-6-19-8-10-20(11-9-19)7-5-18-32-22-14-12-21(13-15-22)23-16-17-24(31-4-2)26(28)25(23)27(29)30/h12-17,19-20,27H,3-11,18H2,1-2H3. The molecule has 0 radical (unpaired) electrons. The van der Waals surface area contributed by atoms with E-state index in [1.165, 1.54) is 57.1 Å². The highest BCUT2D eigenvalue weighted by Gasteiger charge is 2.23. The van der Waals surface area contributed by atoms with Crippen molar-refractivity contribution in [3.8, 4) is 22.6 Å². The number of halogens is 3. The van der Waals surface area contributed by atoms with E-state index in [1.807, 2.05) is 0 Å². The number of alkyl halides is 2. The van der Waals surface area contributed by atoms with E-state index in [4.69, 9.17) is 9.47 Å². The number of ether oxygens (including phenoxy) is 2. The maximum atomic E-state index is 14.5. The van der Waals surface area contributed by atoms with Crippen LogP contribution in [-0.4, -0.2) is 13.2 Å². The predicted molar refractivity (Wildman–Crippen MR) is 123 cm³/mol. The molecule has 32 heavy (non-hydrogen) atoms. The topological polar surface area (TPSA) is 18.5 Å². The third-order valence-corrected chi connectivity index (χ3v) is 6.52. The molecule has 0 N–H and O–H groups in total. The smallest absolute Gasteiger partial charge is 0.267 e. The van der Waals surface area contributed by atoms with E-state index < -0.39 is 17.8 Å². The van der Waals surface area contributed by atoms with Crippen LogP contribution in [0.5, 0.6) is 11.5 Å². The summed E-state index contributed by atoms with van der Waals surface area (Å²) in [7, 11) is 0. The van der Waals surface area contributed by atoms with E-state index in [9.17, 15) is 13.2 Å². The van der Waals surface area contributed by atoms with Crippen molar-refractivity contribution < 1.29 is 22.6 Å². The summed E-state index contributed by atoms with van der Waals surface area (Å²) in [5, 5.41) is 0. The molecule has 1 aliphatic carbocycles. The van der Waals surface area contributed by atoms with Crippen molar-refractivity contribution in [2.45, 2.75) is 71.6 Å². The Hall–Kier alpha value is -2.17. The maximum absolute atomic E-state index is 14.5. The average molecular weight is 449 g/mol. The first-order valence-electron chi connectivity index (χ1n) is 12.0. The third-order valence-electron chi connectivity index (χ3n) is 6.52. The fourth-order valence-electron chi connectivity index (χ4n) is 4.81. The van der Waals surface area contributed by atoms with Crippen molar-refractivity contribution in [1.82, 2.24) is 0 Å². The molecule has 2 aromatic carbocycles. The van der Waals surface area contributed by atoms with Gasteiger partial charge in [0.05, 0.1) is 18.8 Å². The molecule has 1 saturated carbocycles. The third kappa shape index (κ3) is 6.43. The van der Waals surface area contributed by atoms with Crippen LogP contribution in [0.3, 0.4) is 0 Å². The molecule has 0 unspecified atom stereocenters. The van der Waals surface area contributed by atoms with E-state index in [2.05, 4.69) is 6.92 Å². The minimum atomic E-state index is -2.93. The van der Waals surface area contributed by atoms with Crippen molar-refractivity contribution in [2.24, 2.45) is 11.8 Å². The Kier molecular flexibility index (Phi) is 9.31. The van der Waals surface area contributed by atoms with Gasteiger partial charge in [-0.1, -0.05) is 57.6 Å². The lowest BCUT2D eigenvalue weighted by atomic mass is 9.78. The van der Waals surface area contributed by atoms with Gasteiger partial charge < -0.3 is 9.47 Å². The van der Waals surface area contributed by atoms with Crippen LogP contribution in [0.4, 0.5) is 13.2 Å². The highest BCUT2D eigenvalue weighted by molar-refractivity contribution is 5.69. The van der Waals surface area contributed by atoms with Gasteiger partial charge in [-0.3, -0.25) is 0 Å². The largest absolute Gasteiger partial charge is 0.494 e. The van der Waals surface area contributed by atoms with Gasteiger partial charge in [0.1, 0.15) is 5.75 Å². The molecule has 1 aliphatic rings. The molecule has 2 nitrogen and oxygen atoms in total. The van der Waals surface area contributed by atoms with E-state index in [1.54, 1.807) is 31.2 Å². The van der Waals surface area contributed by atoms with E-state index in [-0.39, 0.29) is 17.9 Å². The minimum Gasteiger partial charge on any atom is -0.494 e. The predicted octanol–water partition coefficient (Wildman–Crippen LogP) is 8.59. The van der Waals surface area contributed by atoms with Crippen LogP contribution >= 0.6 is 0 Å². The van der Waals surface area contributed by atoms with E-state index in [0.29, 0.717) is 17.9 Å². The number of hydrogen-bond acceptors (Lipinski definition) is 2. The Morgan fingerprint density at radius 2 is 1.53 bits per heavy atom. The second kappa shape index (κ2) is 12.2. The van der Waals surface area contributed by atoms with Gasteiger partial charge in [0.2, 0.25) is 0 Å². The summed E-state index contributed by atoms with van der Waals surface area (Å²) in [5.41, 5.74) is 0.0721. The summed E-state index contributed by atoms with van der Waals surface area (Å²) >= 11 is 0. The Labute approximate surface area is 190 Å². The molecule has 0 heterocycles. The van der Waals surface area contributed by atoms with Crippen molar-refractivity contribution in [3.63, 3.8) is 0 Å². The molecule has 0 amide bonds. The van der Waals surface area contributed by atoms with Gasteiger partial charge in [-0.15, -0.1) is 0 Å². The minimum absolute atomic E-state index is 0.148. The van der Waals surface area contributed by atoms with Gasteiger partial charge in [-0.25, -0.2) is 13.2 Å². The number of rotatable bonds is 11. The Balaban J connectivity index is 1.53. The maximum Gasteiger partial charge on any atom is 0.267 e. The van der Waals surface area contributed by atoms with Crippen LogP contribution in [0.1, 0.15) is 77.2 Å². The number of benzene rings is 2. The fourth-order valence-corrected chi connectivity index (χ4v) is 4.81. The van der Waals surface area contributed by atoms with Crippen LogP contribution in [0.2, 0.25) is 0 Å². The van der Waals surface area contributed by atoms with Gasteiger partial charge >= 0.3 is 0 Å². The molecular weight excluding hydrogens is 413 g/mol. The van der Waals surface area contributed by atoms with Crippen LogP contribution in [-0.2, 0) is 0 Å². The van der Waals surface area contributed by atoms with Crippen molar-refractivity contribution in [3.05, 3.63) is 47.8 Å². The van der Waals surface area contributed by atoms with Gasteiger partial charge in [-0.05, 0) is 67.0 Å². The summed E-state index contributed by atoms with van der Waals surface area (Å²) in [6, 6.07) is 9.81. The molecule has 0 aromatic heterocycles. The molecule has 0 aliphatic heterocycles. The first kappa shape index (κ1) is 24.5. The number of hydrogen-bond donors (Lipinski definition) is 0. The van der Waals surface area contributed by atoms with Gasteiger partial charge in [0, 0.05) is 0 Å². The zero-order chi connectivity index (χ0) is 22.9. The summed E-state index contributed by atoms with van der Waals surface area (Å²) in [6.45, 7) is 4.82. The first-order valence-corrected chi connectivity index (χ1v) is 12.0. The monoisotopic (exact) mass is 448 g/mol. The lowest BCUT2D eigenvalue weighted by Crippen LogP contribution is -2.15. The molecular formula is C27H35F3O2. The first-order chi connectivity index (χ1) is 15.5. The van der Waals surface area contributed by atoms with Crippen molar-refractivity contribution in [2.75, 3.05) is 13.2 Å². The lowest BCUT2D eigenvalue weighted by molar-refractivity contribution is 0.145. The highest BCUT2D eigenvalue weighted by atomic mass is 19.3. The Morgan fingerprint density at radius 3 is 2.12 bits per heavy atom. The fraction of sp³-hybridized carbons (Fsp3) is 0.556. The second-order valence-electron chi connectivity index (χ2n) is 8.76. The van der Waals surface area contributed by atoms with Gasteiger partial charge in [0.15, 0.2) is 11.6 Å². The zero-order valence-corrected chi connectivity index (χ0v) is 19.2. The van der Waals surface area contributed by atoms with Gasteiger partial charge in [0.25, 0.3) is 6.43 Å². The molecule has 3 rings (SSSR count). The van der Waals surface area contributed by atoms with Gasteiger partial charge in [-0.2, -0.15) is 0 Å². The molecule has 2 aromatic rings. The lowest BCUT2D eigenvalue weighted by Gasteiger charge is -2.28. The molecule has 0 spiro atoms. The molecule has 1 fully saturated rings. The SMILES string of the molecule is CCCC1CCC(CCCOc2ccc(-c3ccc(OCC)c(F)c3C(F)F)cc2)CC1. The highest BCUT2D eigenvalue weighted by Crippen LogP contribution is 2.38. The van der Waals surface area contributed by atoms with Crippen molar-refractivity contribution in [1.29, 1.82) is 0 Å². The van der Waals surface area contributed by atoms with E-state index in [0.717, 1.165) is 18.3 Å². The zero-order valence-electron chi connectivity index (χ0n) is 19.2. The van der Waals surface area contributed by atoms with E-state index >= 15 is 0 Å². The Bertz CT molecular complexity index is 828. The molecule has 176 valence electrons. The summed E-state index contributed by atoms with van der Waals surface area (Å²) < 4.78 is 52.7. The quantitative estimate of drug-likeness (QED) is 0.320. The Morgan fingerprint density at radius 1 is 0.875 bits per heavy atom. The molecule has 0 saturated heterocycles. The molecule has 0 atom stereocenters. The van der Waals surface area contributed by atoms with Crippen LogP contribution in [0.15, 0.2) is 36.4 Å². The molecule has 0 bridgehead atoms. The van der Waals surface area contributed by atoms with Crippen LogP contribution < -0.4 is 9.47 Å². The van der Waals surface area contributed by atoms with Crippen LogP contribution in [0, 0.1) is 17.7 Å². The average Bonchev–Trinajstić information content (AvgIpc) is 2.79. The van der Waals surface area contributed by atoms with Crippen molar-refractivity contribution >= 4 is 0 Å². The summed E-state index contributed by atoms with van der Waals surface area (Å²) in [6.07, 6.45) is 7.35. The second-order valence-corrected chi connectivity index (χ2v) is 8.76. The summed E-state index contributed by atoms with van der Waals surface area (Å²) in [4.78, 5) is 0.